The van der Waals surface area contributed by atoms with E-state index in [0.717, 1.165) is 4.90 Å². The topological polar surface area (TPSA) is 146 Å². The summed E-state index contributed by atoms with van der Waals surface area (Å²) >= 11 is 0. The van der Waals surface area contributed by atoms with Crippen LogP contribution in [0, 0.1) is 16.7 Å². The summed E-state index contributed by atoms with van der Waals surface area (Å²) in [6.45, 7) is 2.34. The number of amides is 3. The molecule has 11 nitrogen and oxygen atoms in total. The number of pyridine rings is 1. The maximum atomic E-state index is 13.6. The molecule has 3 aliphatic rings. The van der Waals surface area contributed by atoms with Gasteiger partial charge < -0.3 is 25.4 Å². The average molecular weight is 530 g/mol. The van der Waals surface area contributed by atoms with Crippen molar-refractivity contribution < 1.29 is 37.0 Å². The third-order valence-electron chi connectivity index (χ3n) is 6.85. The number of rotatable bonds is 5. The molecule has 198 valence electrons. The number of fused-ring (bicyclic) bond motifs is 1. The average Bonchev–Trinajstić information content (AvgIpc) is 3.11. The van der Waals surface area contributed by atoms with Crippen molar-refractivity contribution in [1.82, 2.24) is 20.5 Å². The first kappa shape index (κ1) is 25.3. The lowest BCUT2D eigenvalue weighted by Crippen LogP contribution is -2.80. The maximum absolute atomic E-state index is 13.6. The zero-order chi connectivity index (χ0) is 27.3. The molecule has 1 aromatic heterocycles. The number of hydrogen-bond donors (Lipinski definition) is 3. The van der Waals surface area contributed by atoms with Crippen molar-refractivity contribution >= 4 is 23.6 Å². The smallest absolute Gasteiger partial charge is 0.478 e. The molecule has 38 heavy (non-hydrogen) atoms. The molecule has 1 unspecified atom stereocenters. The number of aromatic nitrogens is 1. The highest BCUT2D eigenvalue weighted by atomic mass is 19.4. The Morgan fingerprint density at radius 1 is 1.29 bits per heavy atom. The van der Waals surface area contributed by atoms with E-state index in [-0.39, 0.29) is 48.8 Å². The first-order valence-electron chi connectivity index (χ1n) is 11.6. The summed E-state index contributed by atoms with van der Waals surface area (Å²) in [6, 6.07) is 8.48. The minimum atomic E-state index is -5.25. The van der Waals surface area contributed by atoms with Gasteiger partial charge in [-0.3, -0.25) is 9.69 Å². The second-order valence-corrected chi connectivity index (χ2v) is 9.14. The Bertz CT molecular complexity index is 1370. The van der Waals surface area contributed by atoms with Crippen LogP contribution < -0.4 is 20.7 Å². The van der Waals surface area contributed by atoms with Crippen LogP contribution in [-0.2, 0) is 19.9 Å². The third-order valence-corrected chi connectivity index (χ3v) is 6.85. The van der Waals surface area contributed by atoms with E-state index in [1.807, 2.05) is 6.07 Å². The van der Waals surface area contributed by atoms with Crippen LogP contribution in [0.1, 0.15) is 23.6 Å². The number of anilines is 1. The van der Waals surface area contributed by atoms with E-state index in [0.29, 0.717) is 5.69 Å². The largest absolute Gasteiger partial charge is 0.491 e. The van der Waals surface area contributed by atoms with E-state index in [1.165, 1.54) is 36.5 Å². The van der Waals surface area contributed by atoms with E-state index in [9.17, 15) is 32.8 Å². The minimum Gasteiger partial charge on any atom is -0.478 e. The summed E-state index contributed by atoms with van der Waals surface area (Å²) < 4.78 is 49.3. The molecule has 2 aromatic rings. The summed E-state index contributed by atoms with van der Waals surface area (Å²) in [7, 11) is 0. The normalized spacial score (nSPS) is 22.9. The van der Waals surface area contributed by atoms with Crippen molar-refractivity contribution in [1.29, 1.82) is 5.26 Å². The van der Waals surface area contributed by atoms with Crippen LogP contribution in [0.15, 0.2) is 36.5 Å². The summed E-state index contributed by atoms with van der Waals surface area (Å²) in [4.78, 5) is 44.0. The molecule has 2 fully saturated rings. The molecule has 2 saturated heterocycles. The van der Waals surface area contributed by atoms with E-state index in [1.54, 1.807) is 6.92 Å². The number of nitriles is 1. The number of hydrogen-bond acceptors (Lipinski definition) is 8. The van der Waals surface area contributed by atoms with Crippen molar-refractivity contribution in [2.45, 2.75) is 24.9 Å². The number of nitrogens with zero attached hydrogens (tertiary/aromatic N) is 3. The van der Waals surface area contributed by atoms with Gasteiger partial charge in [-0.05, 0) is 37.3 Å². The number of benzene rings is 1. The zero-order valence-electron chi connectivity index (χ0n) is 19.9. The van der Waals surface area contributed by atoms with Gasteiger partial charge in [-0.25, -0.2) is 14.6 Å². The number of halogens is 3. The lowest BCUT2D eigenvalue weighted by molar-refractivity contribution is -0.249. The SMILES string of the molecule is CCOc1ncccc1C1(NC(=O)N2CC3(CNC3)[C@@H]2OC(=O)C(F)(F)F)C(=O)Nc2ccc(C#N)cc21. The first-order chi connectivity index (χ1) is 18.1. The number of carbonyl (C=O) groups excluding carboxylic acids is 3. The van der Waals surface area contributed by atoms with Crippen LogP contribution >= 0.6 is 0 Å². The number of carbonyl (C=O) groups is 3. The Kier molecular flexibility index (Phi) is 5.90. The number of alkyl halides is 3. The number of esters is 1. The van der Waals surface area contributed by atoms with Crippen LogP contribution in [0.25, 0.3) is 0 Å². The second-order valence-electron chi connectivity index (χ2n) is 9.14. The summed E-state index contributed by atoms with van der Waals surface area (Å²) in [5.41, 5.74) is -1.97. The van der Waals surface area contributed by atoms with Crippen molar-refractivity contribution in [2.24, 2.45) is 5.41 Å². The molecular weight excluding hydrogens is 509 g/mol. The van der Waals surface area contributed by atoms with Crippen LogP contribution in [0.2, 0.25) is 0 Å². The standard InChI is InChI=1S/C24H21F3N6O5/c1-2-37-17-14(4-3-7-30-17)23(15-8-13(9-28)5-6-16(15)31-18(23)34)32-21(36)33-12-22(10-29-11-22)19(33)38-20(35)24(25,26)27/h3-8,19,29H,2,10-12H2,1H3,(H,31,34)(H,32,36)/t19-,23?/m0/s1. The number of urea groups is 1. The fourth-order valence-electron chi connectivity index (χ4n) is 4.98. The van der Waals surface area contributed by atoms with Gasteiger partial charge in [0.15, 0.2) is 11.8 Å². The van der Waals surface area contributed by atoms with Gasteiger partial charge in [-0.15, -0.1) is 0 Å². The quantitative estimate of drug-likeness (QED) is 0.495. The Morgan fingerprint density at radius 2 is 2.05 bits per heavy atom. The second kappa shape index (κ2) is 8.88. The Balaban J connectivity index is 1.56. The molecular formula is C24H21F3N6O5. The highest BCUT2D eigenvalue weighted by molar-refractivity contribution is 6.10. The molecule has 2 atom stereocenters. The molecule has 0 bridgehead atoms. The van der Waals surface area contributed by atoms with E-state index in [4.69, 9.17) is 9.47 Å². The molecule has 3 amide bonds. The lowest BCUT2D eigenvalue weighted by atomic mass is 9.72. The number of likely N-dealkylation sites (tertiary alicyclic amines) is 1. The first-order valence-corrected chi connectivity index (χ1v) is 11.6. The summed E-state index contributed by atoms with van der Waals surface area (Å²) in [5.74, 6) is -3.09. The molecule has 5 rings (SSSR count). The third kappa shape index (κ3) is 3.77. The van der Waals surface area contributed by atoms with Gasteiger partial charge >= 0.3 is 18.2 Å². The van der Waals surface area contributed by atoms with Crippen LogP contribution in [0.5, 0.6) is 5.88 Å². The Hall–Kier alpha value is -4.38. The molecule has 0 saturated carbocycles. The monoisotopic (exact) mass is 530 g/mol. The van der Waals surface area contributed by atoms with Gasteiger partial charge in [0.1, 0.15) is 0 Å². The molecule has 0 radical (unpaired) electrons. The van der Waals surface area contributed by atoms with E-state index in [2.05, 4.69) is 20.9 Å². The molecule has 0 aliphatic carbocycles. The lowest BCUT2D eigenvalue weighted by Gasteiger charge is -2.60. The van der Waals surface area contributed by atoms with Crippen LogP contribution in [0.3, 0.4) is 0 Å². The Morgan fingerprint density at radius 3 is 2.68 bits per heavy atom. The predicted molar refractivity (Wildman–Crippen MR) is 122 cm³/mol. The van der Waals surface area contributed by atoms with Gasteiger partial charge in [-0.1, -0.05) is 0 Å². The molecule has 1 spiro atoms. The molecule has 3 aliphatic heterocycles. The van der Waals surface area contributed by atoms with Crippen LogP contribution in [-0.4, -0.2) is 66.4 Å². The fraction of sp³-hybridized carbons (Fsp3) is 0.375. The zero-order valence-corrected chi connectivity index (χ0v) is 19.9. The van der Waals surface area contributed by atoms with Crippen molar-refractivity contribution in [2.75, 3.05) is 31.6 Å². The fourth-order valence-corrected chi connectivity index (χ4v) is 4.98. The van der Waals surface area contributed by atoms with Crippen molar-refractivity contribution in [3.63, 3.8) is 0 Å². The van der Waals surface area contributed by atoms with Gasteiger partial charge in [0.05, 0.1) is 29.2 Å². The molecule has 14 heteroatoms. The highest BCUT2D eigenvalue weighted by Crippen LogP contribution is 2.46. The van der Waals surface area contributed by atoms with Crippen LogP contribution in [0.4, 0.5) is 23.7 Å². The Labute approximate surface area is 213 Å². The predicted octanol–water partition coefficient (Wildman–Crippen LogP) is 1.59. The van der Waals surface area contributed by atoms with Gasteiger partial charge in [0, 0.05) is 37.1 Å². The maximum Gasteiger partial charge on any atom is 0.491 e. The van der Waals surface area contributed by atoms with Crippen molar-refractivity contribution in [3.05, 3.63) is 53.2 Å². The summed E-state index contributed by atoms with van der Waals surface area (Å²) in [5, 5.41) is 17.7. The van der Waals surface area contributed by atoms with E-state index >= 15 is 0 Å². The number of nitrogens with one attached hydrogen (secondary N) is 3. The van der Waals surface area contributed by atoms with Gasteiger partial charge in [-0.2, -0.15) is 18.4 Å². The number of ether oxygens (including phenoxy) is 2. The highest BCUT2D eigenvalue weighted by Gasteiger charge is 2.63. The van der Waals surface area contributed by atoms with Gasteiger partial charge in [0.2, 0.25) is 5.88 Å². The summed E-state index contributed by atoms with van der Waals surface area (Å²) in [6.07, 6.45) is -5.33. The minimum absolute atomic E-state index is 0.0181. The molecule has 3 N–H and O–H groups in total. The van der Waals surface area contributed by atoms with Crippen molar-refractivity contribution in [3.8, 4) is 11.9 Å². The van der Waals surface area contributed by atoms with E-state index < -0.39 is 41.3 Å². The van der Waals surface area contributed by atoms with Gasteiger partial charge in [0.25, 0.3) is 5.91 Å². The molecule has 1 aromatic carbocycles. The molecule has 4 heterocycles.